The molecule has 4 aromatic rings. The van der Waals surface area contributed by atoms with E-state index in [-0.39, 0.29) is 29.0 Å². The number of rotatable bonds is 5. The van der Waals surface area contributed by atoms with E-state index in [0.29, 0.717) is 46.9 Å². The molecule has 6 rings (SSSR count). The summed E-state index contributed by atoms with van der Waals surface area (Å²) >= 11 is 0. The molecule has 1 unspecified atom stereocenters. The number of pyridine rings is 1. The molecule has 200 valence electrons. The van der Waals surface area contributed by atoms with Gasteiger partial charge in [-0.3, -0.25) is 4.79 Å². The maximum atomic E-state index is 15.5. The van der Waals surface area contributed by atoms with Gasteiger partial charge in [0, 0.05) is 49.0 Å². The molecule has 0 spiro atoms. The molecule has 2 aliphatic rings. The second kappa shape index (κ2) is 9.57. The quantitative estimate of drug-likeness (QED) is 0.326. The smallest absolute Gasteiger partial charge is 0.237 e. The van der Waals surface area contributed by atoms with E-state index in [9.17, 15) is 4.79 Å². The number of hydrogen-bond donors (Lipinski definition) is 3. The molecule has 1 fully saturated rings. The lowest BCUT2D eigenvalue weighted by molar-refractivity contribution is -0.127. The number of likely N-dealkylation sites (tertiary alicyclic amines) is 1. The molecule has 4 heterocycles. The number of nitrogens with one attached hydrogen (secondary N) is 2. The number of likely N-dealkylation sites (N-methyl/N-ethyl adjacent to an activating group) is 1. The Labute approximate surface area is 224 Å². The number of aromatic nitrogens is 3. The van der Waals surface area contributed by atoms with E-state index in [0.717, 1.165) is 29.8 Å². The minimum atomic E-state index is -0.558. The van der Waals surface area contributed by atoms with Gasteiger partial charge in [-0.15, -0.1) is 0 Å². The van der Waals surface area contributed by atoms with Gasteiger partial charge in [-0.05, 0) is 42.7 Å². The molecule has 1 saturated heterocycles. The predicted octanol–water partition coefficient (Wildman–Crippen LogP) is 4.22. The Kier molecular flexibility index (Phi) is 6.05. The number of hydrogen-bond acceptors (Lipinski definition) is 9. The summed E-state index contributed by atoms with van der Waals surface area (Å²) in [6.07, 6.45) is 3.85. The summed E-state index contributed by atoms with van der Waals surface area (Å²) in [7, 11) is 3.38. The van der Waals surface area contributed by atoms with Crippen LogP contribution in [0.4, 0.5) is 27.4 Å². The summed E-state index contributed by atoms with van der Waals surface area (Å²) < 4.78 is 26.7. The molecule has 39 heavy (non-hydrogen) atoms. The highest BCUT2D eigenvalue weighted by Crippen LogP contribution is 2.40. The van der Waals surface area contributed by atoms with Crippen LogP contribution in [0.25, 0.3) is 22.0 Å². The van der Waals surface area contributed by atoms with Crippen molar-refractivity contribution in [3.63, 3.8) is 0 Å². The molecule has 0 bridgehead atoms. The Morgan fingerprint density at radius 3 is 2.85 bits per heavy atom. The lowest BCUT2D eigenvalue weighted by atomic mass is 9.97. The molecular weight excluding hydrogens is 501 g/mol. The van der Waals surface area contributed by atoms with Crippen molar-refractivity contribution in [2.75, 3.05) is 50.2 Å². The first kappa shape index (κ1) is 24.7. The number of nitrogen functional groups attached to an aromatic ring is 1. The van der Waals surface area contributed by atoms with Gasteiger partial charge in [0.25, 0.3) is 0 Å². The third-order valence-electron chi connectivity index (χ3n) is 7.40. The van der Waals surface area contributed by atoms with Crippen molar-refractivity contribution in [3.05, 3.63) is 53.6 Å². The number of halogens is 1. The lowest BCUT2D eigenvalue weighted by Crippen LogP contribution is -2.21. The van der Waals surface area contributed by atoms with E-state index in [4.69, 9.17) is 15.2 Å². The van der Waals surface area contributed by atoms with Gasteiger partial charge in [-0.25, -0.2) is 19.3 Å². The molecule has 0 aliphatic carbocycles. The van der Waals surface area contributed by atoms with E-state index in [1.54, 1.807) is 24.3 Å². The summed E-state index contributed by atoms with van der Waals surface area (Å²) in [4.78, 5) is 27.6. The molecule has 2 aliphatic heterocycles. The molecule has 2 aromatic carbocycles. The molecule has 10 nitrogen and oxygen atoms in total. The number of benzene rings is 2. The SMILES string of the molecule is COc1cc(C2CCN(C)C2=O)ccc1Nc1ncc2c(N)c(F)c(-c3cnc4c(c3C)NCCO4)cc2n1. The van der Waals surface area contributed by atoms with Crippen molar-refractivity contribution in [2.45, 2.75) is 19.3 Å². The topological polar surface area (TPSA) is 128 Å². The third kappa shape index (κ3) is 4.19. The van der Waals surface area contributed by atoms with Crippen LogP contribution in [0, 0.1) is 12.7 Å². The molecule has 4 N–H and O–H groups in total. The third-order valence-corrected chi connectivity index (χ3v) is 7.40. The Morgan fingerprint density at radius 1 is 1.23 bits per heavy atom. The van der Waals surface area contributed by atoms with E-state index in [1.165, 1.54) is 6.20 Å². The number of carbonyl (C=O) groups is 1. The normalized spacial score (nSPS) is 16.6. The van der Waals surface area contributed by atoms with Crippen LogP contribution in [0.2, 0.25) is 0 Å². The number of ether oxygens (including phenoxy) is 2. The van der Waals surface area contributed by atoms with Crippen LogP contribution < -0.4 is 25.8 Å². The van der Waals surface area contributed by atoms with Gasteiger partial charge in [-0.1, -0.05) is 6.07 Å². The molecule has 2 aromatic heterocycles. The van der Waals surface area contributed by atoms with E-state index in [2.05, 4.69) is 25.6 Å². The fourth-order valence-electron chi connectivity index (χ4n) is 5.20. The first-order valence-electron chi connectivity index (χ1n) is 12.7. The van der Waals surface area contributed by atoms with Gasteiger partial charge < -0.3 is 30.7 Å². The van der Waals surface area contributed by atoms with Crippen LogP contribution in [-0.4, -0.2) is 59.6 Å². The predicted molar refractivity (Wildman–Crippen MR) is 147 cm³/mol. The second-order valence-corrected chi connectivity index (χ2v) is 9.72. The fraction of sp³-hybridized carbons (Fsp3) is 0.286. The molecule has 0 saturated carbocycles. The van der Waals surface area contributed by atoms with Gasteiger partial charge in [0.2, 0.25) is 17.7 Å². The largest absolute Gasteiger partial charge is 0.495 e. The minimum Gasteiger partial charge on any atom is -0.495 e. The number of amides is 1. The van der Waals surface area contributed by atoms with Gasteiger partial charge in [0.1, 0.15) is 18.0 Å². The molecule has 1 amide bonds. The summed E-state index contributed by atoms with van der Waals surface area (Å²) in [5.41, 5.74) is 10.6. The average molecular weight is 530 g/mol. The highest BCUT2D eigenvalue weighted by Gasteiger charge is 2.31. The maximum absolute atomic E-state index is 15.5. The van der Waals surface area contributed by atoms with Crippen molar-refractivity contribution in [1.29, 1.82) is 0 Å². The van der Waals surface area contributed by atoms with Crippen molar-refractivity contribution in [2.24, 2.45) is 0 Å². The van der Waals surface area contributed by atoms with Crippen molar-refractivity contribution < 1.29 is 18.7 Å². The zero-order valence-electron chi connectivity index (χ0n) is 21.8. The average Bonchev–Trinajstić information content (AvgIpc) is 3.29. The van der Waals surface area contributed by atoms with E-state index in [1.807, 2.05) is 32.2 Å². The fourth-order valence-corrected chi connectivity index (χ4v) is 5.20. The zero-order valence-corrected chi connectivity index (χ0v) is 21.8. The number of anilines is 4. The summed E-state index contributed by atoms with van der Waals surface area (Å²) in [5.74, 6) is 0.701. The Hall–Kier alpha value is -4.67. The van der Waals surface area contributed by atoms with Crippen molar-refractivity contribution in [1.82, 2.24) is 19.9 Å². The Balaban J connectivity index is 1.36. The standard InChI is InChI=1S/C28H28FN7O3/c1-14-18(12-32-26-25(14)31-7-9-39-26)17-11-21-19(24(30)23(17)29)13-33-28(35-21)34-20-5-4-15(10-22(20)38-3)16-6-8-36(2)27(16)37/h4-5,10-13,16,31H,6-9,30H2,1-3H3,(H,33,34,35). The number of methoxy groups -OCH3 is 1. The van der Waals surface area contributed by atoms with Gasteiger partial charge >= 0.3 is 0 Å². The highest BCUT2D eigenvalue weighted by atomic mass is 19.1. The maximum Gasteiger partial charge on any atom is 0.237 e. The van der Waals surface area contributed by atoms with E-state index >= 15 is 4.39 Å². The Bertz CT molecular complexity index is 1630. The first-order valence-corrected chi connectivity index (χ1v) is 12.7. The first-order chi connectivity index (χ1) is 18.9. The summed E-state index contributed by atoms with van der Waals surface area (Å²) in [6, 6.07) is 7.26. The number of fused-ring (bicyclic) bond motifs is 2. The van der Waals surface area contributed by atoms with Crippen LogP contribution >= 0.6 is 0 Å². The number of nitrogens with zero attached hydrogens (tertiary/aromatic N) is 4. The molecule has 1 atom stereocenters. The molecule has 0 radical (unpaired) electrons. The van der Waals surface area contributed by atoms with Crippen molar-refractivity contribution in [3.8, 4) is 22.8 Å². The lowest BCUT2D eigenvalue weighted by Gasteiger charge is -2.22. The monoisotopic (exact) mass is 529 g/mol. The van der Waals surface area contributed by atoms with Crippen LogP contribution in [0.15, 0.2) is 36.7 Å². The molecular formula is C28H28FN7O3. The van der Waals surface area contributed by atoms with Crippen LogP contribution in [-0.2, 0) is 4.79 Å². The van der Waals surface area contributed by atoms with Gasteiger partial charge in [0.05, 0.1) is 29.9 Å². The number of nitrogens with two attached hydrogens (primary N) is 1. The summed E-state index contributed by atoms with van der Waals surface area (Å²) in [5, 5.41) is 6.86. The van der Waals surface area contributed by atoms with E-state index < -0.39 is 5.82 Å². The molecule has 11 heteroatoms. The highest BCUT2D eigenvalue weighted by molar-refractivity contribution is 5.96. The second-order valence-electron chi connectivity index (χ2n) is 9.72. The van der Waals surface area contributed by atoms with Crippen LogP contribution in [0.5, 0.6) is 11.6 Å². The van der Waals surface area contributed by atoms with Gasteiger partial charge in [-0.2, -0.15) is 0 Å². The zero-order chi connectivity index (χ0) is 27.3. The van der Waals surface area contributed by atoms with Crippen LogP contribution in [0.3, 0.4) is 0 Å². The number of carbonyl (C=O) groups excluding carboxylic acids is 1. The Morgan fingerprint density at radius 2 is 2.08 bits per heavy atom. The van der Waals surface area contributed by atoms with Crippen LogP contribution in [0.1, 0.15) is 23.5 Å². The summed E-state index contributed by atoms with van der Waals surface area (Å²) in [6.45, 7) is 3.78. The van der Waals surface area contributed by atoms with Gasteiger partial charge in [0.15, 0.2) is 5.82 Å². The minimum absolute atomic E-state index is 0.0384. The van der Waals surface area contributed by atoms with Crippen molar-refractivity contribution >= 4 is 39.8 Å².